The number of carboxylic acids is 1. The molecule has 0 rings (SSSR count). The number of hydrogen-bond acceptors (Lipinski definition) is 1. The van der Waals surface area contributed by atoms with Crippen molar-refractivity contribution in [2.45, 2.75) is 47.0 Å². The van der Waals surface area contributed by atoms with Crippen LogP contribution in [0.1, 0.15) is 47.0 Å². The Hall–Kier alpha value is -0.530. The van der Waals surface area contributed by atoms with E-state index >= 15 is 0 Å². The largest absolute Gasteiger partial charge is 0.481 e. The number of rotatable bonds is 3. The van der Waals surface area contributed by atoms with Crippen LogP contribution < -0.4 is 0 Å². The van der Waals surface area contributed by atoms with Crippen molar-refractivity contribution in [2.24, 2.45) is 5.92 Å². The smallest absolute Gasteiger partial charge is 0.303 e. The zero-order valence-electron chi connectivity index (χ0n) is 8.05. The Labute approximate surface area is 69.6 Å². The molecule has 0 aromatic heterocycles. The molecule has 0 atom stereocenters. The molecule has 0 radical (unpaired) electrons. The fraction of sp³-hybridized carbons (Fsp3) is 0.889. The van der Waals surface area contributed by atoms with Crippen molar-refractivity contribution in [3.8, 4) is 0 Å². The summed E-state index contributed by atoms with van der Waals surface area (Å²) in [5, 5.41) is 8.16. The zero-order valence-corrected chi connectivity index (χ0v) is 8.05. The minimum atomic E-state index is -0.696. The van der Waals surface area contributed by atoms with Gasteiger partial charge in [-0.3, -0.25) is 4.79 Å². The highest BCUT2D eigenvalue weighted by molar-refractivity contribution is 5.66. The van der Waals surface area contributed by atoms with E-state index in [2.05, 4.69) is 13.8 Å². The van der Waals surface area contributed by atoms with E-state index in [1.807, 2.05) is 13.8 Å². The molecule has 0 saturated carbocycles. The molecular weight excluding hydrogens is 140 g/mol. The Morgan fingerprint density at radius 3 is 1.82 bits per heavy atom. The summed E-state index contributed by atoms with van der Waals surface area (Å²) in [4.78, 5) is 9.90. The summed E-state index contributed by atoms with van der Waals surface area (Å²) < 4.78 is 0. The molecule has 0 spiro atoms. The first-order valence-electron chi connectivity index (χ1n) is 4.26. The molecule has 68 valence electrons. The van der Waals surface area contributed by atoms with Crippen LogP contribution >= 0.6 is 0 Å². The Bertz CT molecular complexity index is 87.6. The quantitative estimate of drug-likeness (QED) is 0.689. The molecule has 0 aliphatic heterocycles. The lowest BCUT2D eigenvalue weighted by Gasteiger charge is -1.97. The van der Waals surface area contributed by atoms with Gasteiger partial charge in [0, 0.05) is 6.42 Å². The summed E-state index contributed by atoms with van der Waals surface area (Å²) in [6.45, 7) is 8.28. The molecular formula is C9H20O2. The summed E-state index contributed by atoms with van der Waals surface area (Å²) >= 11 is 0. The predicted octanol–water partition coefficient (Wildman–Crippen LogP) is 2.92. The maximum Gasteiger partial charge on any atom is 0.303 e. The van der Waals surface area contributed by atoms with Gasteiger partial charge < -0.3 is 5.11 Å². The molecule has 2 heteroatoms. The number of hydrogen-bond donors (Lipinski definition) is 1. The molecule has 1 N–H and O–H groups in total. The van der Waals surface area contributed by atoms with Crippen LogP contribution in [0.2, 0.25) is 0 Å². The molecule has 0 saturated heterocycles. The average Bonchev–Trinajstić information content (AvgIpc) is 1.85. The van der Waals surface area contributed by atoms with Crippen molar-refractivity contribution in [3.63, 3.8) is 0 Å². The number of carbonyl (C=O) groups is 1. The van der Waals surface area contributed by atoms with Crippen molar-refractivity contribution in [1.29, 1.82) is 0 Å². The maximum absolute atomic E-state index is 9.90. The second kappa shape index (κ2) is 9.47. The van der Waals surface area contributed by atoms with E-state index in [1.165, 1.54) is 6.42 Å². The lowest BCUT2D eigenvalue weighted by Crippen LogP contribution is -1.97. The Morgan fingerprint density at radius 1 is 1.36 bits per heavy atom. The van der Waals surface area contributed by atoms with E-state index in [1.54, 1.807) is 0 Å². The molecule has 2 nitrogen and oxygen atoms in total. The second-order valence-electron chi connectivity index (χ2n) is 3.03. The molecule has 0 aromatic rings. The highest BCUT2D eigenvalue weighted by Gasteiger charge is 1.97. The molecule has 0 amide bonds. The van der Waals surface area contributed by atoms with Crippen LogP contribution in [0.25, 0.3) is 0 Å². The van der Waals surface area contributed by atoms with Gasteiger partial charge >= 0.3 is 5.97 Å². The van der Waals surface area contributed by atoms with Gasteiger partial charge in [0.05, 0.1) is 0 Å². The first-order valence-corrected chi connectivity index (χ1v) is 4.26. The Kier molecular flexibility index (Phi) is 11.3. The van der Waals surface area contributed by atoms with Gasteiger partial charge in [-0.05, 0) is 12.3 Å². The standard InChI is InChI=1S/C6H12O2.C3H8/c1-5(2)3-4-6(7)8;1-3-2/h5H,3-4H2,1-2H3,(H,7,8);3H2,1-2H3. The van der Waals surface area contributed by atoms with Crippen molar-refractivity contribution < 1.29 is 9.90 Å². The summed E-state index contributed by atoms with van der Waals surface area (Å²) in [6.07, 6.45) is 2.34. The molecule has 0 aromatic carbocycles. The van der Waals surface area contributed by atoms with Gasteiger partial charge in [0.25, 0.3) is 0 Å². The molecule has 0 unspecified atom stereocenters. The summed E-state index contributed by atoms with van der Waals surface area (Å²) in [6, 6.07) is 0. The summed E-state index contributed by atoms with van der Waals surface area (Å²) in [5.41, 5.74) is 0. The summed E-state index contributed by atoms with van der Waals surface area (Å²) in [7, 11) is 0. The van der Waals surface area contributed by atoms with Crippen LogP contribution in [-0.2, 0) is 4.79 Å². The van der Waals surface area contributed by atoms with Crippen molar-refractivity contribution in [2.75, 3.05) is 0 Å². The third-order valence-electron chi connectivity index (χ3n) is 0.936. The van der Waals surface area contributed by atoms with Gasteiger partial charge in [0.2, 0.25) is 0 Å². The maximum atomic E-state index is 9.90. The molecule has 11 heavy (non-hydrogen) atoms. The lowest BCUT2D eigenvalue weighted by atomic mass is 10.1. The fourth-order valence-corrected chi connectivity index (χ4v) is 0.412. The van der Waals surface area contributed by atoms with Gasteiger partial charge in [-0.15, -0.1) is 0 Å². The van der Waals surface area contributed by atoms with Crippen LogP contribution in [0.4, 0.5) is 0 Å². The number of aliphatic carboxylic acids is 1. The number of carboxylic acid groups (broad SMARTS) is 1. The van der Waals surface area contributed by atoms with Gasteiger partial charge in [-0.25, -0.2) is 0 Å². The first-order chi connectivity index (χ1) is 5.04. The first kappa shape index (κ1) is 13.1. The van der Waals surface area contributed by atoms with Crippen molar-refractivity contribution in [3.05, 3.63) is 0 Å². The highest BCUT2D eigenvalue weighted by atomic mass is 16.4. The third-order valence-corrected chi connectivity index (χ3v) is 0.936. The van der Waals surface area contributed by atoms with Crippen LogP contribution in [0, 0.1) is 5.92 Å². The second-order valence-corrected chi connectivity index (χ2v) is 3.03. The van der Waals surface area contributed by atoms with E-state index in [9.17, 15) is 4.79 Å². The minimum absolute atomic E-state index is 0.303. The molecule has 0 heterocycles. The lowest BCUT2D eigenvalue weighted by molar-refractivity contribution is -0.137. The molecule has 0 bridgehead atoms. The van der Waals surface area contributed by atoms with E-state index in [0.29, 0.717) is 12.3 Å². The van der Waals surface area contributed by atoms with Crippen LogP contribution in [0.3, 0.4) is 0 Å². The van der Waals surface area contributed by atoms with Crippen molar-refractivity contribution >= 4 is 5.97 Å². The fourth-order valence-electron chi connectivity index (χ4n) is 0.412. The monoisotopic (exact) mass is 160 g/mol. The Balaban J connectivity index is 0. The summed E-state index contributed by atoms with van der Waals surface area (Å²) in [5.74, 6) is -0.190. The molecule has 0 aliphatic rings. The molecule has 0 aliphatic carbocycles. The van der Waals surface area contributed by atoms with Crippen molar-refractivity contribution in [1.82, 2.24) is 0 Å². The highest BCUT2D eigenvalue weighted by Crippen LogP contribution is 2.01. The van der Waals surface area contributed by atoms with Crippen LogP contribution in [0.5, 0.6) is 0 Å². The van der Waals surface area contributed by atoms with Crippen LogP contribution in [-0.4, -0.2) is 11.1 Å². The van der Waals surface area contributed by atoms with E-state index in [-0.39, 0.29) is 0 Å². The predicted molar refractivity (Wildman–Crippen MR) is 47.7 cm³/mol. The van der Waals surface area contributed by atoms with Gasteiger partial charge in [-0.1, -0.05) is 34.1 Å². The topological polar surface area (TPSA) is 37.3 Å². The normalized spacial score (nSPS) is 8.82. The minimum Gasteiger partial charge on any atom is -0.481 e. The third kappa shape index (κ3) is 26.4. The molecule has 0 fully saturated rings. The van der Waals surface area contributed by atoms with E-state index in [4.69, 9.17) is 5.11 Å². The Morgan fingerprint density at radius 2 is 1.73 bits per heavy atom. The average molecular weight is 160 g/mol. The van der Waals surface area contributed by atoms with Gasteiger partial charge in [0.1, 0.15) is 0 Å². The van der Waals surface area contributed by atoms with E-state index < -0.39 is 5.97 Å². The zero-order chi connectivity index (χ0) is 9.28. The SMILES string of the molecule is CC(C)CCC(=O)O.CCC. The van der Waals surface area contributed by atoms with Gasteiger partial charge in [0.15, 0.2) is 0 Å². The van der Waals surface area contributed by atoms with Gasteiger partial charge in [-0.2, -0.15) is 0 Å². The van der Waals surface area contributed by atoms with Crippen LogP contribution in [0.15, 0.2) is 0 Å². The van der Waals surface area contributed by atoms with E-state index in [0.717, 1.165) is 6.42 Å².